The zero-order chi connectivity index (χ0) is 77.0. The number of fused-ring (bicyclic) bond motifs is 6. The van der Waals surface area contributed by atoms with Crippen LogP contribution in [0.25, 0.3) is 0 Å². The van der Waals surface area contributed by atoms with Crippen LogP contribution < -0.4 is 43.1 Å². The lowest BCUT2D eigenvalue weighted by molar-refractivity contribution is -0.671. The van der Waals surface area contributed by atoms with E-state index in [9.17, 15) is 57.5 Å². The molecule has 12 aromatic rings. The number of carbonyl (C=O) groups is 12. The molecule has 558 valence electrons. The average molecular weight is 1510 g/mol. The first kappa shape index (κ1) is 76.5. The lowest BCUT2D eigenvalue weighted by Gasteiger charge is -2.24. The van der Waals surface area contributed by atoms with Crippen molar-refractivity contribution in [1.82, 2.24) is 15.0 Å². The number of benzene rings is 6. The lowest BCUT2D eigenvalue weighted by Crippen LogP contribution is -2.37. The normalized spacial score (nSPS) is 15.7. The monoisotopic (exact) mass is 1510 g/mol. The molecule has 0 fully saturated rings. The Labute approximate surface area is 653 Å². The summed E-state index contributed by atoms with van der Waals surface area (Å²) >= 11 is 0. The summed E-state index contributed by atoms with van der Waals surface area (Å²) < 4.78 is 5.36. The molecule has 0 saturated carbocycles. The molecule has 0 spiro atoms. The molecule has 0 radical (unpaired) electrons. The van der Waals surface area contributed by atoms with Gasteiger partial charge in [-0.05, 0) is 109 Å². The van der Waals surface area contributed by atoms with E-state index in [1.807, 2.05) is 21.1 Å². The minimum Gasteiger partial charge on any atom is -0.358 e. The Morgan fingerprint density at radius 2 is 0.368 bits per heavy atom. The smallest absolute Gasteiger partial charge is 0.263 e. The van der Waals surface area contributed by atoms with Crippen molar-refractivity contribution in [3.05, 3.63) is 409 Å². The van der Waals surface area contributed by atoms with Crippen LogP contribution in [0.5, 0.6) is 0 Å². The standard InChI is InChI=1S/C30H22N4O4.C29H19N4O4.C28H16N4O4.CH4.2CH3/c1-31-15-11-19(12-16-31)29(37)33-23-9-5-3-7-21(23)27(35)25(33)26-28(36)22-8-4-6-10-24(22)34(26)30(38)20-13-17-32(2)18-14-20;1-31-16-12-19(13-17-31)29(37)33-23-9-5-3-7-21(23)27(35)25(33)24-26(34)20-6-2-4-8-22(20)32(24)28(36)18-10-14-30-15-11-18;33-25-19-5-1-3-7-21(19)31(27(35)17-9-13-29-14-10-17)23(25)24-26(34)20-6-2-4-8-22(20)32(24)28(36)18-11-15-30-16-12-18;;;/h3-18H,1-2H3;2-17H,1H3;1-16H;1H4;2*1H3/q+2;+1;;;2*-1/b26-25+;25-24+;24-23+;;;. The van der Waals surface area contributed by atoms with Gasteiger partial charge in [0.2, 0.25) is 34.7 Å². The summed E-state index contributed by atoms with van der Waals surface area (Å²) in [6.07, 6.45) is 19.2. The van der Waals surface area contributed by atoms with E-state index >= 15 is 0 Å². The van der Waals surface area contributed by atoms with Crippen molar-refractivity contribution in [1.29, 1.82) is 0 Å². The third kappa shape index (κ3) is 12.9. The van der Waals surface area contributed by atoms with Crippen molar-refractivity contribution in [2.24, 2.45) is 21.1 Å². The van der Waals surface area contributed by atoms with Crippen LogP contribution in [0.3, 0.4) is 0 Å². The maximum atomic E-state index is 13.9. The Bertz CT molecular complexity index is 5920. The topological polar surface area (TPSA) is 275 Å². The molecule has 6 aromatic heterocycles. The van der Waals surface area contributed by atoms with E-state index < -0.39 is 70.1 Å². The van der Waals surface area contributed by atoms with Crippen molar-refractivity contribution in [3.63, 3.8) is 0 Å². The largest absolute Gasteiger partial charge is 0.358 e. The fourth-order valence-corrected chi connectivity index (χ4v) is 14.0. The zero-order valence-electron chi connectivity index (χ0n) is 61.0. The van der Waals surface area contributed by atoms with Crippen LogP contribution in [0.1, 0.15) is 132 Å². The number of Topliss-reactive ketones (excluding diaryl/α,β-unsaturated/α-hetero) is 6. The van der Waals surface area contributed by atoms with Crippen molar-refractivity contribution in [2.75, 3.05) is 29.4 Å². The number of para-hydroxylation sites is 6. The van der Waals surface area contributed by atoms with Crippen LogP contribution in [0.15, 0.2) is 327 Å². The maximum Gasteiger partial charge on any atom is 0.263 e. The molecule has 12 heterocycles. The fraction of sp³-hybridized carbons (Fsp3) is 0.0444. The first-order chi connectivity index (χ1) is 53.9. The number of allylic oxidation sites excluding steroid dienone is 6. The third-order valence-electron chi connectivity index (χ3n) is 19.3. The Kier molecular flexibility index (Phi) is 20.9. The summed E-state index contributed by atoms with van der Waals surface area (Å²) in [5, 5.41) is 0. The molecule has 0 aliphatic carbocycles. The van der Waals surface area contributed by atoms with E-state index in [1.165, 1.54) is 103 Å². The molecule has 0 saturated heterocycles. The quantitative estimate of drug-likeness (QED) is 0.0850. The van der Waals surface area contributed by atoms with Crippen LogP contribution in [-0.2, 0) is 21.1 Å². The molecule has 6 amide bonds. The predicted octanol–water partition coefficient (Wildman–Crippen LogP) is 12.0. The van der Waals surface area contributed by atoms with Crippen molar-refractivity contribution in [2.45, 2.75) is 7.43 Å². The number of hydrogen-bond donors (Lipinski definition) is 0. The highest BCUT2D eigenvalue weighted by atomic mass is 16.2. The second kappa shape index (κ2) is 31.1. The van der Waals surface area contributed by atoms with Crippen LogP contribution in [-0.4, -0.2) is 85.1 Å². The van der Waals surface area contributed by atoms with Gasteiger partial charge in [-0.1, -0.05) is 80.2 Å². The van der Waals surface area contributed by atoms with Gasteiger partial charge in [0, 0.05) is 124 Å². The number of amides is 6. The number of hydrogen-bond acceptors (Lipinski definition) is 15. The third-order valence-corrected chi connectivity index (χ3v) is 19.3. The first-order valence-corrected chi connectivity index (χ1v) is 34.6. The Balaban J connectivity index is 0.000000147. The number of rotatable bonds is 6. The molecule has 114 heavy (non-hydrogen) atoms. The Morgan fingerprint density at radius 1 is 0.228 bits per heavy atom. The van der Waals surface area contributed by atoms with E-state index in [2.05, 4.69) is 15.0 Å². The molecule has 0 atom stereocenters. The predicted molar refractivity (Wildman–Crippen MR) is 422 cm³/mol. The van der Waals surface area contributed by atoms with E-state index in [4.69, 9.17) is 0 Å². The Morgan fingerprint density at radius 3 is 0.526 bits per heavy atom. The molecule has 0 bridgehead atoms. The van der Waals surface area contributed by atoms with Crippen LogP contribution in [0.4, 0.5) is 34.1 Å². The SMILES string of the molecule is C.C[n+]1ccc(C(=O)N2/C(=C3\C(=O)c4ccccc4N3C(=O)c3cc[n+](C)cc3)C(=O)c3ccccc32)cc1.C[n+]1ccc(C(=O)N2/C(=C3\C(=O)c4ccccc4N3C(=O)c3ccncc3)C(=O)c3ccccc32)cc1.O=C1/C(=C2/C(=O)c3ccccc3N2C(=O)c2ccncc2)N(C(=O)c2ccncc2)c2ccccc21.[CH3-].[CH3-]. The maximum absolute atomic E-state index is 13.9. The van der Waals surface area contributed by atoms with E-state index in [0.29, 0.717) is 50.8 Å². The molecular weight excluding hydrogens is 1440 g/mol. The van der Waals surface area contributed by atoms with Gasteiger partial charge in [-0.15, -0.1) is 0 Å². The number of ketones is 6. The molecule has 18 rings (SSSR count). The summed E-state index contributed by atoms with van der Waals surface area (Å²) in [6.45, 7) is 0. The van der Waals surface area contributed by atoms with Gasteiger partial charge < -0.3 is 14.9 Å². The van der Waals surface area contributed by atoms with E-state index in [0.717, 1.165) is 0 Å². The minimum absolute atomic E-state index is 0. The zero-order valence-corrected chi connectivity index (χ0v) is 61.0. The molecule has 6 aromatic carbocycles. The van der Waals surface area contributed by atoms with Crippen LogP contribution in [0.2, 0.25) is 0 Å². The van der Waals surface area contributed by atoms with E-state index in [1.54, 1.807) is 233 Å². The number of carbonyl (C=O) groups excluding carboxylic acids is 12. The highest BCUT2D eigenvalue weighted by molar-refractivity contribution is 6.39. The van der Waals surface area contributed by atoms with Crippen molar-refractivity contribution >= 4 is 104 Å². The van der Waals surface area contributed by atoms with Gasteiger partial charge in [-0.2, -0.15) is 0 Å². The summed E-state index contributed by atoms with van der Waals surface area (Å²) in [7, 11) is 5.49. The summed E-state index contributed by atoms with van der Waals surface area (Å²) in [4.78, 5) is 185. The molecule has 6 aliphatic heterocycles. The van der Waals surface area contributed by atoms with Gasteiger partial charge in [0.15, 0.2) is 37.2 Å². The summed E-state index contributed by atoms with van der Waals surface area (Å²) in [5.41, 5.74) is 4.69. The number of pyridine rings is 6. The van der Waals surface area contributed by atoms with Gasteiger partial charge in [-0.3, -0.25) is 102 Å². The van der Waals surface area contributed by atoms with Gasteiger partial charge in [0.25, 0.3) is 35.4 Å². The number of aryl methyl sites for hydroxylation is 3. The number of aromatic nitrogens is 6. The molecule has 0 unspecified atom stereocenters. The second-order valence-electron chi connectivity index (χ2n) is 26.0. The summed E-state index contributed by atoms with van der Waals surface area (Å²) in [6, 6.07) is 59.1. The van der Waals surface area contributed by atoms with Crippen LogP contribution >= 0.6 is 0 Å². The lowest BCUT2D eigenvalue weighted by atomic mass is 10.1. The highest BCUT2D eigenvalue weighted by Crippen LogP contribution is 2.48. The number of nitrogens with zero attached hydrogens (tertiary/aromatic N) is 12. The summed E-state index contributed by atoms with van der Waals surface area (Å²) in [5.74, 6) is -6.02. The molecular formula is C90H67N12O12+. The Hall–Kier alpha value is -15.7. The van der Waals surface area contributed by atoms with Gasteiger partial charge >= 0.3 is 0 Å². The number of anilines is 6. The van der Waals surface area contributed by atoms with Crippen molar-refractivity contribution < 1.29 is 71.2 Å². The highest BCUT2D eigenvalue weighted by Gasteiger charge is 2.51. The van der Waals surface area contributed by atoms with E-state index in [-0.39, 0.29) is 107 Å². The fourth-order valence-electron chi connectivity index (χ4n) is 14.0. The van der Waals surface area contributed by atoms with Crippen molar-refractivity contribution in [3.8, 4) is 0 Å². The van der Waals surface area contributed by atoms with Gasteiger partial charge in [-0.25, -0.2) is 13.7 Å². The first-order valence-electron chi connectivity index (χ1n) is 34.6. The molecule has 6 aliphatic rings. The average Bonchev–Trinajstić information content (AvgIpc) is 1.57. The van der Waals surface area contributed by atoms with Crippen LogP contribution in [0, 0.1) is 14.9 Å². The van der Waals surface area contributed by atoms with Gasteiger partial charge in [0.05, 0.1) is 50.8 Å². The second-order valence-corrected chi connectivity index (χ2v) is 26.0. The molecule has 0 N–H and O–H groups in total. The molecule has 24 heteroatoms. The molecule has 24 nitrogen and oxygen atoms in total. The van der Waals surface area contributed by atoms with Gasteiger partial charge in [0.1, 0.15) is 55.3 Å². The minimum atomic E-state index is -0.517.